The number of rotatable bonds is 9. The van der Waals surface area contributed by atoms with Crippen LogP contribution >= 0.6 is 15.6 Å². The van der Waals surface area contributed by atoms with E-state index in [1.807, 2.05) is 0 Å². The van der Waals surface area contributed by atoms with Crippen LogP contribution in [0.1, 0.15) is 0 Å². The number of phosphoric ester groups is 2. The van der Waals surface area contributed by atoms with Gasteiger partial charge in [-0.25, -0.2) is 9.13 Å². The van der Waals surface area contributed by atoms with E-state index >= 15 is 0 Å². The number of aliphatic hydroxyl groups is 3. The van der Waals surface area contributed by atoms with E-state index in [9.17, 15) is 29.2 Å². The molecule has 0 rings (SSSR count). The summed E-state index contributed by atoms with van der Waals surface area (Å²) in [6.45, 7) is -2.33. The van der Waals surface area contributed by atoms with Crippen molar-refractivity contribution in [1.29, 1.82) is 0 Å². The molecule has 15 heteroatoms. The van der Waals surface area contributed by atoms with Gasteiger partial charge in [0, 0.05) is 29.6 Å². The van der Waals surface area contributed by atoms with Crippen LogP contribution < -0.4 is 0 Å². The third-order valence-electron chi connectivity index (χ3n) is 1.84. The van der Waals surface area contributed by atoms with Crippen LogP contribution in [0.5, 0.6) is 0 Å². The average Bonchev–Trinajstić information content (AvgIpc) is 2.29. The van der Waals surface area contributed by atoms with Crippen molar-refractivity contribution in [2.75, 3.05) is 13.2 Å². The Morgan fingerprint density at radius 3 is 1.76 bits per heavy atom. The predicted molar refractivity (Wildman–Crippen MR) is 64.8 cm³/mol. The summed E-state index contributed by atoms with van der Waals surface area (Å²) in [6, 6.07) is 0. The Balaban J connectivity index is 0. The Hall–Kier alpha value is 0.770. The minimum atomic E-state index is -4.95. The van der Waals surface area contributed by atoms with Crippen LogP contribution in [-0.2, 0) is 23.0 Å². The summed E-state index contributed by atoms with van der Waals surface area (Å²) >= 11 is 0. The fourth-order valence-corrected chi connectivity index (χ4v) is 1.55. The van der Waals surface area contributed by atoms with E-state index in [-0.39, 0.29) is 29.6 Å². The van der Waals surface area contributed by atoms with Gasteiger partial charge in [-0.1, -0.05) is 0 Å². The number of hydrogen-bond donors (Lipinski definition) is 7. The number of ketones is 1. The quantitative estimate of drug-likeness (QED) is 0.157. The van der Waals surface area contributed by atoms with E-state index in [2.05, 4.69) is 9.05 Å². The number of carbonyl (C=O) groups is 1. The molecule has 7 N–H and O–H groups in total. The van der Waals surface area contributed by atoms with Gasteiger partial charge < -0.3 is 34.9 Å². The molecule has 0 aliphatic heterocycles. The monoisotopic (exact) mass is 363 g/mol. The average molecular weight is 363 g/mol. The summed E-state index contributed by atoms with van der Waals surface area (Å²) in [7, 11) is -9.87. The second-order valence-electron chi connectivity index (χ2n) is 3.52. The molecular weight excluding hydrogens is 349 g/mol. The number of Topliss-reactive ketones (excluding diaryl/α,β-unsaturated/α-hetero) is 1. The smallest absolute Gasteiger partial charge is 0.388 e. The van der Waals surface area contributed by atoms with E-state index in [0.29, 0.717) is 0 Å². The minimum absolute atomic E-state index is 0. The molecule has 0 fully saturated rings. The molecule has 0 amide bonds. The maximum Gasteiger partial charge on any atom is 0.470 e. The first-order valence-corrected chi connectivity index (χ1v) is 7.86. The Morgan fingerprint density at radius 1 is 0.952 bits per heavy atom. The fourth-order valence-electron chi connectivity index (χ4n) is 0.906. The van der Waals surface area contributed by atoms with Crippen molar-refractivity contribution in [3.63, 3.8) is 0 Å². The number of aliphatic hydroxyl groups excluding tert-OH is 3. The van der Waals surface area contributed by atoms with Crippen LogP contribution in [-0.4, -0.2) is 102 Å². The number of hydrogen-bond acceptors (Lipinski definition) is 8. The summed E-state index contributed by atoms with van der Waals surface area (Å²) < 4.78 is 28.2. The topological polar surface area (TPSA) is 211 Å². The Morgan fingerprint density at radius 2 is 1.38 bits per heavy atom. The molecule has 21 heavy (non-hydrogen) atoms. The zero-order valence-corrected chi connectivity index (χ0v) is 14.5. The molecule has 0 aromatic carbocycles. The zero-order valence-electron chi connectivity index (χ0n) is 10.7. The molecule has 1 radical (unpaired) electrons. The summed E-state index contributed by atoms with van der Waals surface area (Å²) in [4.78, 5) is 44.4. The fraction of sp³-hybridized carbons (Fsp3) is 0.833. The van der Waals surface area contributed by atoms with Crippen LogP contribution in [0.3, 0.4) is 0 Å². The molecule has 0 heterocycles. The standard InChI is InChI=1S/C6H14O12P2.Na/c7-3(1-17-19(11,12)13)5(9)6(10)4(8)2-18-20(14,15)16;/h3,5-7,9-10H,1-2H2,(H2,11,12,13)(H2,14,15,16);/t3-,5-,6-;/m1./s1. The van der Waals surface area contributed by atoms with Crippen molar-refractivity contribution >= 4 is 51.0 Å². The first-order valence-electron chi connectivity index (χ1n) is 4.80. The van der Waals surface area contributed by atoms with Crippen molar-refractivity contribution in [3.8, 4) is 0 Å². The van der Waals surface area contributed by atoms with Crippen molar-refractivity contribution < 1.29 is 57.9 Å². The second-order valence-corrected chi connectivity index (χ2v) is 6.00. The van der Waals surface area contributed by atoms with Crippen LogP contribution in [0.4, 0.5) is 0 Å². The third-order valence-corrected chi connectivity index (χ3v) is 2.79. The molecule has 0 unspecified atom stereocenters. The molecule has 0 aliphatic rings. The van der Waals surface area contributed by atoms with Crippen molar-refractivity contribution in [1.82, 2.24) is 0 Å². The summed E-state index contributed by atoms with van der Waals surface area (Å²) in [5.74, 6) is -1.36. The summed E-state index contributed by atoms with van der Waals surface area (Å²) in [5, 5.41) is 27.7. The Bertz CT molecular complexity index is 416. The molecule has 0 spiro atoms. The normalized spacial score (nSPS) is 16.7. The van der Waals surface area contributed by atoms with Gasteiger partial charge in [0.25, 0.3) is 0 Å². The maximum absolute atomic E-state index is 11.2. The van der Waals surface area contributed by atoms with Gasteiger partial charge in [0.2, 0.25) is 0 Å². The summed E-state index contributed by atoms with van der Waals surface area (Å²) in [6.07, 6.45) is -6.53. The Labute approximate surface area is 140 Å². The van der Waals surface area contributed by atoms with Gasteiger partial charge in [0.15, 0.2) is 5.78 Å². The van der Waals surface area contributed by atoms with Crippen LogP contribution in [0.15, 0.2) is 0 Å². The largest absolute Gasteiger partial charge is 0.470 e. The van der Waals surface area contributed by atoms with Gasteiger partial charge >= 0.3 is 15.6 Å². The molecule has 0 aliphatic carbocycles. The molecule has 3 atom stereocenters. The maximum atomic E-state index is 11.2. The first kappa shape index (κ1) is 24.0. The van der Waals surface area contributed by atoms with Gasteiger partial charge in [-0.2, -0.15) is 0 Å². The van der Waals surface area contributed by atoms with E-state index < -0.39 is 53.0 Å². The van der Waals surface area contributed by atoms with Crippen LogP contribution in [0, 0.1) is 0 Å². The predicted octanol–water partition coefficient (Wildman–Crippen LogP) is -3.52. The van der Waals surface area contributed by atoms with Crippen molar-refractivity contribution in [3.05, 3.63) is 0 Å². The molecule has 0 aromatic heterocycles. The SMILES string of the molecule is O=C(COP(=O)(O)O)[C@@H](O)[C@H](O)[C@H](O)COP(=O)(O)O.[Na]. The van der Waals surface area contributed by atoms with Crippen LogP contribution in [0.25, 0.3) is 0 Å². The third kappa shape index (κ3) is 11.9. The van der Waals surface area contributed by atoms with Gasteiger partial charge in [-0.15, -0.1) is 0 Å². The number of phosphoric acid groups is 2. The zero-order chi connectivity index (χ0) is 16.1. The van der Waals surface area contributed by atoms with Gasteiger partial charge in [0.05, 0.1) is 6.61 Å². The van der Waals surface area contributed by atoms with Gasteiger partial charge in [-0.3, -0.25) is 13.8 Å². The molecule has 0 saturated carbocycles. The van der Waals surface area contributed by atoms with Crippen molar-refractivity contribution in [2.24, 2.45) is 0 Å². The van der Waals surface area contributed by atoms with Crippen molar-refractivity contribution in [2.45, 2.75) is 18.3 Å². The molecular formula is C6H14NaO12P2. The van der Waals surface area contributed by atoms with Gasteiger partial charge in [-0.05, 0) is 0 Å². The second kappa shape index (κ2) is 9.81. The summed E-state index contributed by atoms with van der Waals surface area (Å²) in [5.41, 5.74) is 0. The molecule has 0 aromatic rings. The van der Waals surface area contributed by atoms with Gasteiger partial charge in [0.1, 0.15) is 24.9 Å². The minimum Gasteiger partial charge on any atom is -0.388 e. The first-order chi connectivity index (χ1) is 8.83. The van der Waals surface area contributed by atoms with Crippen LogP contribution in [0.2, 0.25) is 0 Å². The van der Waals surface area contributed by atoms with E-state index in [1.165, 1.54) is 0 Å². The van der Waals surface area contributed by atoms with E-state index in [0.717, 1.165) is 0 Å². The molecule has 12 nitrogen and oxygen atoms in total. The molecule has 121 valence electrons. The Kier molecular flexibility index (Phi) is 11.2. The van der Waals surface area contributed by atoms with E-state index in [1.54, 1.807) is 0 Å². The molecule has 0 bridgehead atoms. The molecule has 0 saturated heterocycles. The number of carbonyl (C=O) groups excluding carboxylic acids is 1. The van der Waals surface area contributed by atoms with E-state index in [4.69, 9.17) is 19.6 Å².